The van der Waals surface area contributed by atoms with Crippen molar-refractivity contribution in [1.82, 2.24) is 0 Å². The standard InChI is InChI=1S/3C20H20O14/c21-5-12-15(28)16(33-18(29)6-1-8(22)13(26)9(23)2-6)17(20(31)32-12)34-19(30)7-3-10(24)14(27)11(25)4-7;21-5-12(26)15-16(33-18(29)6-1-8(22)13(27)9(23)2-6)17(20(31)32-15)34-19(30)7-3-10(24)14(28)11(25)4-7;21-5-13(27)17(30)18(34-20(32)8-3-11(25)16(29)12(26)4-8)14(6-22)33-19(31)7-1-9(23)15(28)10(24)2-7/h2*1-4,12,15-17,20-28,31H,5H2;1-4,6,13-14,17-18,21,23-30H,5H2. The van der Waals surface area contributed by atoms with Gasteiger partial charge in [0.05, 0.1) is 53.2 Å². The van der Waals surface area contributed by atoms with Gasteiger partial charge in [-0.05, 0) is 72.8 Å². The van der Waals surface area contributed by atoms with E-state index >= 15 is 0 Å². The molecule has 14 atom stereocenters. The molecule has 2 aliphatic rings. The van der Waals surface area contributed by atoms with Crippen LogP contribution in [0, 0.1) is 0 Å². The topological polar surface area (TPSA) is 740 Å². The Hall–Kier alpha value is -12.2. The molecule has 2 heterocycles. The van der Waals surface area contributed by atoms with E-state index in [1.54, 1.807) is 0 Å². The fraction of sp³-hybridized carbons (Fsp3) is 0.283. The maximum atomic E-state index is 12.6. The van der Waals surface area contributed by atoms with Gasteiger partial charge in [-0.2, -0.15) is 0 Å². The van der Waals surface area contributed by atoms with Crippen molar-refractivity contribution in [3.63, 3.8) is 0 Å². The first-order chi connectivity index (χ1) is 47.8. The number of aldehydes is 1. The number of rotatable bonds is 20. The smallest absolute Gasteiger partial charge is 0.339 e. The van der Waals surface area contributed by atoms with E-state index in [1.165, 1.54) is 0 Å². The molecule has 0 aromatic heterocycles. The van der Waals surface area contributed by atoms with Gasteiger partial charge >= 0.3 is 35.8 Å². The Labute approximate surface area is 565 Å². The number of hydrogen-bond acceptors (Lipinski definition) is 42. The summed E-state index contributed by atoms with van der Waals surface area (Å²) < 4.78 is 40.2. The number of phenols is 18. The van der Waals surface area contributed by atoms with E-state index in [1.807, 2.05) is 0 Å². The molecule has 0 aliphatic carbocycles. The van der Waals surface area contributed by atoms with E-state index < -0.39 is 278 Å². The summed E-state index contributed by atoms with van der Waals surface area (Å²) in [6.45, 7) is -2.82. The lowest BCUT2D eigenvalue weighted by molar-refractivity contribution is -0.285. The Kier molecular flexibility index (Phi) is 25.5. The Morgan fingerprint density at radius 1 is 0.373 bits per heavy atom. The predicted octanol–water partition coefficient (Wildman–Crippen LogP) is -3.93. The van der Waals surface area contributed by atoms with Crippen molar-refractivity contribution in [2.45, 2.75) is 85.8 Å². The second-order valence-electron chi connectivity index (χ2n) is 21.3. The number of benzene rings is 6. The summed E-state index contributed by atoms with van der Waals surface area (Å²) in [5.74, 6) is -24.2. The van der Waals surface area contributed by atoms with Gasteiger partial charge < -0.3 is 176 Å². The van der Waals surface area contributed by atoms with Crippen molar-refractivity contribution < 1.29 is 209 Å². The number of carbonyl (C=O) groups is 7. The van der Waals surface area contributed by atoms with Gasteiger partial charge in [-0.1, -0.05) is 0 Å². The highest BCUT2D eigenvalue weighted by atomic mass is 16.7. The normalized spacial score (nSPS) is 20.5. The minimum Gasteiger partial charge on any atom is -0.504 e. The van der Waals surface area contributed by atoms with Crippen molar-refractivity contribution in [1.29, 1.82) is 0 Å². The lowest BCUT2D eigenvalue weighted by Crippen LogP contribution is -2.61. The zero-order valence-electron chi connectivity index (χ0n) is 50.9. The Balaban J connectivity index is 0.000000241. The average molecular weight is 1450 g/mol. The van der Waals surface area contributed by atoms with E-state index in [2.05, 4.69) is 0 Å². The Morgan fingerprint density at radius 2 is 0.637 bits per heavy atom. The third kappa shape index (κ3) is 18.0. The van der Waals surface area contributed by atoms with Gasteiger partial charge in [-0.3, -0.25) is 4.79 Å². The number of aliphatic hydroxyl groups is 9. The molecule has 8 rings (SSSR count). The molecule has 14 unspecified atom stereocenters. The van der Waals surface area contributed by atoms with Crippen LogP contribution in [0.3, 0.4) is 0 Å². The van der Waals surface area contributed by atoms with Gasteiger partial charge in [-0.25, -0.2) is 28.8 Å². The molecule has 42 heteroatoms. The van der Waals surface area contributed by atoms with Crippen LogP contribution in [-0.4, -0.2) is 286 Å². The molecule has 6 aromatic rings. The van der Waals surface area contributed by atoms with E-state index in [4.69, 9.17) is 43.0 Å². The van der Waals surface area contributed by atoms with Crippen molar-refractivity contribution in [3.05, 3.63) is 106 Å². The van der Waals surface area contributed by atoms with Crippen LogP contribution in [0.1, 0.15) is 62.1 Å². The summed E-state index contributed by atoms with van der Waals surface area (Å²) in [5.41, 5.74) is -3.13. The lowest BCUT2D eigenvalue weighted by Gasteiger charge is -2.41. The molecular weight excluding hydrogens is 1390 g/mol. The van der Waals surface area contributed by atoms with Crippen LogP contribution in [0.5, 0.6) is 103 Å². The van der Waals surface area contributed by atoms with E-state index in [0.29, 0.717) is 24.3 Å². The molecule has 27 N–H and O–H groups in total. The monoisotopic (exact) mass is 1450 g/mol. The van der Waals surface area contributed by atoms with E-state index in [0.717, 1.165) is 48.5 Å². The van der Waals surface area contributed by atoms with Crippen molar-refractivity contribution in [2.24, 2.45) is 0 Å². The molecule has 0 amide bonds. The summed E-state index contributed by atoms with van der Waals surface area (Å²) in [4.78, 5) is 86.5. The summed E-state index contributed by atoms with van der Waals surface area (Å²) in [6, 6.07) is 8.52. The minimum absolute atomic E-state index is 0.102. The first kappa shape index (κ1) is 78.8. The lowest BCUT2D eigenvalue weighted by atomic mass is 9.98. The summed E-state index contributed by atoms with van der Waals surface area (Å²) in [5, 5.41) is 260. The van der Waals surface area contributed by atoms with Crippen molar-refractivity contribution in [2.75, 3.05) is 19.8 Å². The summed E-state index contributed by atoms with van der Waals surface area (Å²) in [6.07, 6.45) is -26.6. The molecule has 6 aromatic carbocycles. The zero-order valence-corrected chi connectivity index (χ0v) is 50.9. The highest BCUT2D eigenvalue weighted by molar-refractivity contribution is 5.95. The Bertz CT molecular complexity index is 3890. The minimum atomic E-state index is -2.21. The molecular formula is C60H60O42. The fourth-order valence-electron chi connectivity index (χ4n) is 8.97. The number of carbonyl (C=O) groups excluding carboxylic acids is 7. The molecule has 0 bridgehead atoms. The van der Waals surface area contributed by atoms with Gasteiger partial charge in [0.2, 0.25) is 0 Å². The first-order valence-corrected chi connectivity index (χ1v) is 28.2. The molecule has 0 radical (unpaired) electrons. The molecule has 42 nitrogen and oxygen atoms in total. The van der Waals surface area contributed by atoms with Gasteiger partial charge in [0.15, 0.2) is 159 Å². The molecule has 2 fully saturated rings. The van der Waals surface area contributed by atoms with Gasteiger partial charge in [0.25, 0.3) is 0 Å². The highest BCUT2D eigenvalue weighted by Crippen LogP contribution is 2.42. The van der Waals surface area contributed by atoms with Crippen LogP contribution < -0.4 is 0 Å². The van der Waals surface area contributed by atoms with Crippen molar-refractivity contribution >= 4 is 42.1 Å². The maximum Gasteiger partial charge on any atom is 0.339 e. The van der Waals surface area contributed by atoms with Crippen LogP contribution in [0.2, 0.25) is 0 Å². The average Bonchev–Trinajstić information content (AvgIpc) is 1.37. The number of aliphatic hydroxyl groups excluding tert-OH is 9. The van der Waals surface area contributed by atoms with E-state index in [-0.39, 0.29) is 6.29 Å². The molecule has 552 valence electrons. The number of esters is 6. The van der Waals surface area contributed by atoms with Crippen molar-refractivity contribution in [3.8, 4) is 103 Å². The van der Waals surface area contributed by atoms with Crippen LogP contribution in [0.25, 0.3) is 0 Å². The maximum absolute atomic E-state index is 12.6. The summed E-state index contributed by atoms with van der Waals surface area (Å²) >= 11 is 0. The van der Waals surface area contributed by atoms with Gasteiger partial charge in [-0.15, -0.1) is 0 Å². The number of hydrogen-bond donors (Lipinski definition) is 27. The van der Waals surface area contributed by atoms with Crippen LogP contribution in [0.15, 0.2) is 72.8 Å². The number of aromatic hydroxyl groups is 18. The predicted molar refractivity (Wildman–Crippen MR) is 317 cm³/mol. The van der Waals surface area contributed by atoms with Gasteiger partial charge in [0.1, 0.15) is 36.6 Å². The Morgan fingerprint density at radius 3 is 0.922 bits per heavy atom. The molecule has 2 saturated heterocycles. The summed E-state index contributed by atoms with van der Waals surface area (Å²) in [7, 11) is 0. The molecule has 2 aliphatic heterocycles. The fourth-order valence-corrected chi connectivity index (χ4v) is 8.97. The SMILES string of the molecule is O=C(OC1C(O)OC(C(O)CO)C1OC(=O)c1cc(O)c(O)c(O)c1)c1cc(O)c(O)c(O)c1.O=C(OC1C(O)OC(CO)C(O)C1OC(=O)c1cc(O)c(O)c(O)c1)c1cc(O)c(O)c(O)c1.O=CC(OC(=O)c1cc(O)c(O)c(O)c1)C(OC(=O)c1cc(O)c(O)c(O)c1)C(O)C(O)CO. The third-order valence-electron chi connectivity index (χ3n) is 14.3. The second-order valence-corrected chi connectivity index (χ2v) is 21.3. The number of phenolic OH excluding ortho intramolecular Hbond substituents is 18. The van der Waals surface area contributed by atoms with E-state index in [9.17, 15) is 166 Å². The molecule has 102 heavy (non-hydrogen) atoms. The molecule has 0 saturated carbocycles. The van der Waals surface area contributed by atoms with Gasteiger partial charge in [0, 0.05) is 0 Å². The zero-order chi connectivity index (χ0) is 76.4. The number of ether oxygens (including phenoxy) is 8. The largest absolute Gasteiger partial charge is 0.504 e. The van der Waals surface area contributed by atoms with Crippen LogP contribution in [0.4, 0.5) is 0 Å². The second kappa shape index (κ2) is 33.1. The quantitative estimate of drug-likeness (QED) is 0.0150. The first-order valence-electron chi connectivity index (χ1n) is 28.2. The van der Waals surface area contributed by atoms with Crippen LogP contribution >= 0.6 is 0 Å². The van der Waals surface area contributed by atoms with Crippen LogP contribution in [-0.2, 0) is 42.7 Å². The third-order valence-corrected chi connectivity index (χ3v) is 14.3. The highest BCUT2D eigenvalue weighted by Gasteiger charge is 2.53. The molecule has 0 spiro atoms.